The monoisotopic (exact) mass is 398 g/mol. The predicted molar refractivity (Wildman–Crippen MR) is 97.4 cm³/mol. The third-order valence-corrected chi connectivity index (χ3v) is 4.92. The lowest BCUT2D eigenvalue weighted by Gasteiger charge is -2.23. The van der Waals surface area contributed by atoms with Crippen molar-refractivity contribution >= 4 is 25.7 Å². The van der Waals surface area contributed by atoms with Gasteiger partial charge in [-0.3, -0.25) is 14.1 Å². The number of rotatable bonds is 14. The zero-order valence-electron chi connectivity index (χ0n) is 14.7. The molecule has 0 aliphatic heterocycles. The fourth-order valence-corrected chi connectivity index (χ4v) is 3.56. The van der Waals surface area contributed by atoms with Crippen LogP contribution in [0.5, 0.6) is 5.75 Å². The van der Waals surface area contributed by atoms with Crippen LogP contribution < -0.4 is 15.3 Å². The molecule has 0 saturated heterocycles. The molecule has 0 fully saturated rings. The third-order valence-electron chi connectivity index (χ3n) is 3.32. The van der Waals surface area contributed by atoms with Gasteiger partial charge in [-0.1, -0.05) is 18.2 Å². The van der Waals surface area contributed by atoms with Crippen LogP contribution in [-0.2, 0) is 18.7 Å². The molecule has 1 aromatic rings. The van der Waals surface area contributed by atoms with Gasteiger partial charge in [0.1, 0.15) is 11.8 Å². The number of aliphatic carboxylic acids is 1. The Balaban J connectivity index is 2.87. The van der Waals surface area contributed by atoms with Crippen molar-refractivity contribution in [3.63, 3.8) is 0 Å². The summed E-state index contributed by atoms with van der Waals surface area (Å²) in [5, 5.41) is 11.7. The van der Waals surface area contributed by atoms with Gasteiger partial charge in [-0.2, -0.15) is 9.88 Å². The van der Waals surface area contributed by atoms with E-state index < -0.39 is 25.5 Å². The van der Waals surface area contributed by atoms with Crippen LogP contribution in [-0.4, -0.2) is 47.1 Å². The zero-order valence-corrected chi connectivity index (χ0v) is 15.6. The quantitative estimate of drug-likeness (QED) is 0.140. The lowest BCUT2D eigenvalue weighted by molar-refractivity contribution is -0.139. The number of ketones is 1. The second kappa shape index (κ2) is 12.1. The summed E-state index contributed by atoms with van der Waals surface area (Å²) in [6.07, 6.45) is 1.40. The van der Waals surface area contributed by atoms with Crippen LogP contribution in [0.2, 0.25) is 0 Å². The van der Waals surface area contributed by atoms with E-state index in [1.165, 1.54) is 0 Å². The van der Waals surface area contributed by atoms with Crippen LogP contribution in [0.25, 0.3) is 5.53 Å². The maximum absolute atomic E-state index is 13.0. The summed E-state index contributed by atoms with van der Waals surface area (Å²) in [7, 11) is -4.03. The summed E-state index contributed by atoms with van der Waals surface area (Å²) in [5.41, 5.74) is 13.7. The van der Waals surface area contributed by atoms with Crippen molar-refractivity contribution < 1.29 is 33.1 Å². The van der Waals surface area contributed by atoms with Gasteiger partial charge in [0.25, 0.3) is 0 Å². The Labute approximate surface area is 156 Å². The number of carbonyl (C=O) groups excluding carboxylic acids is 1. The Kier molecular flexibility index (Phi) is 10.2. The minimum Gasteiger partial charge on any atom is -0.480 e. The van der Waals surface area contributed by atoms with E-state index in [4.69, 9.17) is 20.3 Å². The Hall–Kier alpha value is -2.35. The number of carboxylic acid groups (broad SMARTS) is 1. The van der Waals surface area contributed by atoms with E-state index in [1.54, 1.807) is 30.3 Å². The van der Waals surface area contributed by atoms with E-state index in [2.05, 4.69) is 9.88 Å². The number of para-hydroxylation sites is 1. The van der Waals surface area contributed by atoms with Gasteiger partial charge in [0.15, 0.2) is 0 Å². The first kappa shape index (κ1) is 22.7. The zero-order chi connectivity index (χ0) is 20.1. The molecule has 11 heteroatoms. The van der Waals surface area contributed by atoms with E-state index in [0.717, 1.165) is 0 Å². The molecule has 0 amide bonds. The number of benzene rings is 1. The Morgan fingerprint density at radius 2 is 2.04 bits per heavy atom. The van der Waals surface area contributed by atoms with Gasteiger partial charge in [-0.25, -0.2) is 4.57 Å². The molecule has 0 bridgehead atoms. The molecule has 4 N–H and O–H groups in total. The minimum atomic E-state index is -4.03. The van der Waals surface area contributed by atoms with Crippen molar-refractivity contribution in [3.8, 4) is 5.75 Å². The average molecular weight is 398 g/mol. The van der Waals surface area contributed by atoms with Gasteiger partial charge in [0, 0.05) is 6.42 Å². The molecule has 0 radical (unpaired) electrons. The molecule has 0 saturated carbocycles. The first-order valence-electron chi connectivity index (χ1n) is 8.30. The first-order valence-corrected chi connectivity index (χ1v) is 9.84. The molecule has 1 rings (SSSR count). The van der Waals surface area contributed by atoms with Crippen LogP contribution in [0.3, 0.4) is 0 Å². The van der Waals surface area contributed by atoms with Crippen molar-refractivity contribution in [2.75, 3.05) is 13.2 Å². The summed E-state index contributed by atoms with van der Waals surface area (Å²) >= 11 is 0. The van der Waals surface area contributed by atoms with E-state index in [-0.39, 0.29) is 25.2 Å². The molecule has 27 heavy (non-hydrogen) atoms. The van der Waals surface area contributed by atoms with E-state index in [1.807, 2.05) is 0 Å². The molecule has 2 unspecified atom stereocenters. The number of carboxylic acids is 1. The molecule has 0 spiro atoms. The molecule has 2 atom stereocenters. The van der Waals surface area contributed by atoms with Gasteiger partial charge in [-0.15, -0.1) is 0 Å². The van der Waals surface area contributed by atoms with Gasteiger partial charge in [-0.05, 0) is 37.9 Å². The van der Waals surface area contributed by atoms with Crippen molar-refractivity contribution in [1.82, 2.24) is 5.09 Å². The topological polar surface area (TPSA) is 164 Å². The molecule has 0 heterocycles. The number of hydrogen-bond acceptors (Lipinski definition) is 6. The number of carbonyl (C=O) groups is 2. The Morgan fingerprint density at radius 3 is 2.63 bits per heavy atom. The van der Waals surface area contributed by atoms with Crippen LogP contribution in [0.15, 0.2) is 30.3 Å². The van der Waals surface area contributed by atoms with Crippen molar-refractivity contribution in [2.24, 2.45) is 5.73 Å². The smallest absolute Gasteiger partial charge is 0.459 e. The summed E-state index contributed by atoms with van der Waals surface area (Å²) < 4.78 is 23.7. The van der Waals surface area contributed by atoms with Gasteiger partial charge < -0.3 is 20.9 Å². The first-order chi connectivity index (χ1) is 12.9. The maximum atomic E-state index is 13.0. The van der Waals surface area contributed by atoms with E-state index in [9.17, 15) is 19.3 Å². The van der Waals surface area contributed by atoms with Crippen LogP contribution in [0.4, 0.5) is 0 Å². The number of hydrogen-bond donors (Lipinski definition) is 3. The number of nitrogens with two attached hydrogens (primary N) is 1. The predicted octanol–water partition coefficient (Wildman–Crippen LogP) is 1.62. The van der Waals surface area contributed by atoms with E-state index >= 15 is 0 Å². The van der Waals surface area contributed by atoms with Gasteiger partial charge in [0.05, 0.1) is 6.61 Å². The van der Waals surface area contributed by atoms with Gasteiger partial charge >= 0.3 is 19.9 Å². The van der Waals surface area contributed by atoms with Crippen LogP contribution in [0.1, 0.15) is 25.7 Å². The summed E-state index contributed by atoms with van der Waals surface area (Å²) in [5.74, 6) is -1.67. The maximum Gasteiger partial charge on any atom is 0.459 e. The second-order valence-electron chi connectivity index (χ2n) is 5.50. The Morgan fingerprint density at radius 1 is 1.33 bits per heavy atom. The molecule has 0 aliphatic carbocycles. The van der Waals surface area contributed by atoms with Gasteiger partial charge in [0.2, 0.25) is 5.78 Å². The summed E-state index contributed by atoms with van der Waals surface area (Å²) in [6, 6.07) is 6.79. The molecule has 148 valence electrons. The van der Waals surface area contributed by atoms with Crippen molar-refractivity contribution in [3.05, 3.63) is 35.9 Å². The highest BCUT2D eigenvalue weighted by molar-refractivity contribution is 7.52. The molecule has 10 nitrogen and oxygen atoms in total. The fourth-order valence-electron chi connectivity index (χ4n) is 1.99. The summed E-state index contributed by atoms with van der Waals surface area (Å²) in [6.45, 7) is 0.490. The van der Waals surface area contributed by atoms with Crippen LogP contribution >= 0.6 is 7.75 Å². The van der Waals surface area contributed by atoms with Crippen molar-refractivity contribution in [1.29, 1.82) is 0 Å². The normalized spacial score (nSPS) is 13.8. The fraction of sp³-hybridized carbons (Fsp3) is 0.438. The molecular formula is C16H23N4O6P. The van der Waals surface area contributed by atoms with Crippen LogP contribution in [0, 0.1) is 0 Å². The minimum absolute atomic E-state index is 0.0523. The second-order valence-corrected chi connectivity index (χ2v) is 7.19. The van der Waals surface area contributed by atoms with E-state index in [0.29, 0.717) is 25.6 Å². The third kappa shape index (κ3) is 9.23. The Bertz CT molecular complexity index is 708. The highest BCUT2D eigenvalue weighted by Gasteiger charge is 2.33. The SMILES string of the molecule is [N-]=[N+]=CC(=O)CCC(NP(=O)(OCCCCN)Oc1ccccc1)C(=O)O. The number of nitrogens with zero attached hydrogens (tertiary/aromatic N) is 2. The largest absolute Gasteiger partial charge is 0.480 e. The molecule has 0 aliphatic rings. The lowest BCUT2D eigenvalue weighted by atomic mass is 10.1. The summed E-state index contributed by atoms with van der Waals surface area (Å²) in [4.78, 5) is 25.5. The average Bonchev–Trinajstić information content (AvgIpc) is 2.63. The highest BCUT2D eigenvalue weighted by atomic mass is 31.2. The number of unbranched alkanes of at least 4 members (excludes halogenated alkanes) is 1. The number of nitrogens with one attached hydrogen (secondary N) is 1. The highest BCUT2D eigenvalue weighted by Crippen LogP contribution is 2.45. The standard InChI is InChI=1S/C16H23N4O6P/c17-10-4-5-11-25-27(24,26-14-6-2-1-3-7-14)20-15(16(22)23)9-8-13(21)12-19-18/h1-3,6-7,12,15H,4-5,8-11,17H2,(H,20,24)(H,22,23). The van der Waals surface area contributed by atoms with Crippen molar-refractivity contribution in [2.45, 2.75) is 31.7 Å². The lowest BCUT2D eigenvalue weighted by Crippen LogP contribution is -2.36. The molecular weight excluding hydrogens is 375 g/mol. The molecule has 1 aromatic carbocycles. The number of Topliss-reactive ketones (excluding diaryl/α,β-unsaturated/α-hetero) is 1. The molecule has 0 aromatic heterocycles.